The van der Waals surface area contributed by atoms with Gasteiger partial charge >= 0.3 is 32.9 Å². The van der Waals surface area contributed by atoms with Gasteiger partial charge < -0.3 is 8.39 Å². The molecule has 1 aromatic heterocycles. The summed E-state index contributed by atoms with van der Waals surface area (Å²) in [6.45, 7) is 0.0780. The Morgan fingerprint density at radius 1 is 0.516 bits per heavy atom. The summed E-state index contributed by atoms with van der Waals surface area (Å²) in [6.07, 6.45) is -16.4. The van der Waals surface area contributed by atoms with E-state index in [1.54, 1.807) is 0 Å². The molecule has 0 amide bonds. The Bertz CT molecular complexity index is 2710. The van der Waals surface area contributed by atoms with Gasteiger partial charge in [-0.3, -0.25) is 14.8 Å². The molecule has 0 bridgehead atoms. The molecule has 9 rings (SSSR count). The first-order valence-corrected chi connectivity index (χ1v) is 21.4. The molecule has 6 nitrogen and oxygen atoms in total. The predicted molar refractivity (Wildman–Crippen MR) is 215 cm³/mol. The highest BCUT2D eigenvalue weighted by molar-refractivity contribution is 7.39. The van der Waals surface area contributed by atoms with Crippen molar-refractivity contribution in [1.82, 2.24) is 0 Å². The van der Waals surface area contributed by atoms with Gasteiger partial charge in [-0.2, -0.15) is 52.7 Å². The summed E-state index contributed by atoms with van der Waals surface area (Å²) in [7, 11) is -2.75. The SMILES string of the molecule is O=[N+]([O-])c1ccc2c(c1)N(p1oc3c(-c4cc(C(F)(F)F)cc(C(F)(F)F)c4)cc4c(c3c3c5c(cc(-c6cc(C(F)(F)F)cc(C(F)(F)F)c6)c3o1)CCCC5)CCCC4)CCC2. The van der Waals surface area contributed by atoms with Crippen molar-refractivity contribution in [2.24, 2.45) is 0 Å². The van der Waals surface area contributed by atoms with Crippen molar-refractivity contribution in [1.29, 1.82) is 0 Å². The maximum Gasteiger partial charge on any atom is 0.416 e. The molecule has 6 aromatic rings. The van der Waals surface area contributed by atoms with Crippen LogP contribution in [0.15, 0.2) is 75.1 Å². The highest BCUT2D eigenvalue weighted by Gasteiger charge is 2.40. The molecule has 2 heterocycles. The molecule has 19 heteroatoms. The van der Waals surface area contributed by atoms with E-state index in [4.69, 9.17) is 8.39 Å². The van der Waals surface area contributed by atoms with Crippen LogP contribution in [0.4, 0.5) is 64.1 Å². The number of rotatable bonds is 4. The highest BCUT2D eigenvalue weighted by Crippen LogP contribution is 2.53. The first kappa shape index (κ1) is 43.6. The zero-order valence-corrected chi connectivity index (χ0v) is 34.0. The molecule has 0 unspecified atom stereocenters. The van der Waals surface area contributed by atoms with Crippen molar-refractivity contribution in [3.05, 3.63) is 127 Å². The van der Waals surface area contributed by atoms with Crippen LogP contribution in [-0.4, -0.2) is 11.5 Å². The average molecular weight is 925 g/mol. The number of anilines is 1. The van der Waals surface area contributed by atoms with Crippen molar-refractivity contribution in [3.8, 4) is 22.3 Å². The summed E-state index contributed by atoms with van der Waals surface area (Å²) in [5.74, 6) is 0. The Morgan fingerprint density at radius 2 is 0.922 bits per heavy atom. The van der Waals surface area contributed by atoms with Crippen LogP contribution in [0.25, 0.3) is 44.2 Å². The van der Waals surface area contributed by atoms with Gasteiger partial charge in [-0.05, 0) is 152 Å². The topological polar surface area (TPSA) is 72.7 Å². The van der Waals surface area contributed by atoms with Crippen molar-refractivity contribution in [3.63, 3.8) is 0 Å². The van der Waals surface area contributed by atoms with E-state index < -0.39 is 71.2 Å². The third kappa shape index (κ3) is 7.95. The Kier molecular flexibility index (Phi) is 10.6. The quantitative estimate of drug-likeness (QED) is 0.100. The lowest BCUT2D eigenvalue weighted by Gasteiger charge is -2.27. The zero-order valence-electron chi connectivity index (χ0n) is 33.1. The fourth-order valence-corrected chi connectivity index (χ4v) is 10.8. The predicted octanol–water partition coefficient (Wildman–Crippen LogP) is 15.6. The van der Waals surface area contributed by atoms with Gasteiger partial charge in [0.25, 0.3) is 5.69 Å². The molecule has 0 radical (unpaired) electrons. The molecule has 2 aliphatic carbocycles. The van der Waals surface area contributed by atoms with Crippen LogP contribution in [0.2, 0.25) is 0 Å². The van der Waals surface area contributed by atoms with Crippen molar-refractivity contribution in [2.45, 2.75) is 88.9 Å². The van der Waals surface area contributed by atoms with Crippen LogP contribution >= 0.6 is 8.16 Å². The van der Waals surface area contributed by atoms with Crippen molar-refractivity contribution < 1.29 is 66.0 Å². The van der Waals surface area contributed by atoms with E-state index in [-0.39, 0.29) is 63.1 Å². The molecule has 5 aromatic carbocycles. The van der Waals surface area contributed by atoms with Crippen molar-refractivity contribution >= 4 is 41.5 Å². The van der Waals surface area contributed by atoms with Gasteiger partial charge in [0.1, 0.15) is 0 Å². The summed E-state index contributed by atoms with van der Waals surface area (Å²) in [5, 5.41) is 12.4. The van der Waals surface area contributed by atoms with E-state index in [1.807, 2.05) is 0 Å². The molecular formula is C45H33F12N2O4P. The van der Waals surface area contributed by atoms with Gasteiger partial charge in [0, 0.05) is 40.6 Å². The number of alkyl halides is 12. The average Bonchev–Trinajstić information content (AvgIpc) is 3.42. The van der Waals surface area contributed by atoms with Crippen LogP contribution in [0.3, 0.4) is 0 Å². The molecule has 0 saturated heterocycles. The second-order valence-electron chi connectivity index (χ2n) is 16.3. The van der Waals surface area contributed by atoms with Gasteiger partial charge in [0.2, 0.25) is 0 Å². The molecule has 0 atom stereocenters. The van der Waals surface area contributed by atoms with Crippen LogP contribution in [-0.2, 0) is 56.8 Å². The van der Waals surface area contributed by atoms with Gasteiger partial charge in [0.05, 0.1) is 32.9 Å². The summed E-state index contributed by atoms with van der Waals surface area (Å²) in [5.41, 5.74) is -5.39. The number of halogens is 12. The van der Waals surface area contributed by atoms with Gasteiger partial charge in [-0.1, -0.05) is 6.07 Å². The molecule has 1 aliphatic heterocycles. The second kappa shape index (κ2) is 15.5. The minimum Gasteiger partial charge on any atom is -0.403 e. The van der Waals surface area contributed by atoms with E-state index in [2.05, 4.69) is 0 Å². The number of benzene rings is 5. The zero-order chi connectivity index (χ0) is 45.7. The van der Waals surface area contributed by atoms with E-state index >= 15 is 0 Å². The molecular weight excluding hydrogens is 891 g/mol. The van der Waals surface area contributed by atoms with Crippen LogP contribution in [0, 0.1) is 10.1 Å². The molecule has 0 saturated carbocycles. The number of nitrogens with zero attached hydrogens (tertiary/aromatic N) is 2. The standard InChI is InChI=1S/C45H33F12N2O4P/c46-42(47,48)28-14-26(15-29(20-28)43(49,50)51)35-18-24-6-1-3-9-33(24)38-39-34-10-4-2-7-25(34)19-36(27-16-30(44(52,53)54)21-31(17-27)45(55,56)57)41(39)63-64(62-40(35)38)58-13-5-8-23-11-12-32(59(60)61)22-37(23)58/h11-12,14-22H,1-10,13H2. The number of nitro groups is 1. The van der Waals surface area contributed by atoms with Crippen LogP contribution in [0.1, 0.15) is 82.2 Å². The number of fused-ring (bicyclic) bond motifs is 8. The second-order valence-corrected chi connectivity index (χ2v) is 17.6. The number of aryl methyl sites for hydroxylation is 5. The minimum atomic E-state index is -5.23. The van der Waals surface area contributed by atoms with Crippen molar-refractivity contribution in [2.75, 3.05) is 11.2 Å². The Hall–Kier alpha value is -5.64. The van der Waals surface area contributed by atoms with Crippen LogP contribution < -0.4 is 4.67 Å². The lowest BCUT2D eigenvalue weighted by molar-refractivity contribution is -0.384. The molecule has 0 fully saturated rings. The first-order chi connectivity index (χ1) is 30.1. The van der Waals surface area contributed by atoms with Crippen LogP contribution in [0.5, 0.6) is 0 Å². The Labute approximate surface area is 356 Å². The smallest absolute Gasteiger partial charge is 0.403 e. The number of hydrogen-bond acceptors (Lipinski definition) is 5. The fourth-order valence-electron chi connectivity index (χ4n) is 9.24. The maximum absolute atomic E-state index is 14.4. The first-order valence-electron chi connectivity index (χ1n) is 20.2. The van der Waals surface area contributed by atoms with E-state index in [1.165, 1.54) is 35.0 Å². The maximum atomic E-state index is 14.4. The third-order valence-electron chi connectivity index (χ3n) is 12.2. The molecule has 64 heavy (non-hydrogen) atoms. The van der Waals surface area contributed by atoms with Gasteiger partial charge in [0.15, 0.2) is 11.2 Å². The summed E-state index contributed by atoms with van der Waals surface area (Å²) in [6, 6.07) is 9.30. The number of hydrogen-bond donors (Lipinski definition) is 0. The summed E-state index contributed by atoms with van der Waals surface area (Å²) >= 11 is 0. The number of nitro benzene ring substituents is 1. The van der Waals surface area contributed by atoms with Gasteiger partial charge in [-0.25, -0.2) is 0 Å². The highest BCUT2D eigenvalue weighted by atomic mass is 31.1. The number of non-ortho nitro benzene ring substituents is 1. The fraction of sp³-hybridized carbons (Fsp3) is 0.333. The summed E-state index contributed by atoms with van der Waals surface area (Å²) < 4.78 is 189. The lowest BCUT2D eigenvalue weighted by Crippen LogP contribution is -2.21. The molecule has 0 N–H and O–H groups in total. The van der Waals surface area contributed by atoms with E-state index in [9.17, 15) is 62.8 Å². The molecule has 3 aliphatic rings. The van der Waals surface area contributed by atoms with Gasteiger partial charge in [-0.15, -0.1) is 0 Å². The third-order valence-corrected chi connectivity index (χ3v) is 13.6. The molecule has 0 spiro atoms. The summed E-state index contributed by atoms with van der Waals surface area (Å²) in [4.78, 5) is 11.4. The lowest BCUT2D eigenvalue weighted by atomic mass is 9.81. The Balaban J connectivity index is 1.52. The minimum absolute atomic E-state index is 0.00275. The van der Waals surface area contributed by atoms with E-state index in [0.29, 0.717) is 116 Å². The monoisotopic (exact) mass is 924 g/mol. The molecule has 336 valence electrons. The Morgan fingerprint density at radius 3 is 1.33 bits per heavy atom. The van der Waals surface area contributed by atoms with E-state index in [0.717, 1.165) is 0 Å². The normalized spacial score (nSPS) is 15.8. The largest absolute Gasteiger partial charge is 0.416 e.